The van der Waals surface area contributed by atoms with Crippen molar-refractivity contribution in [1.82, 2.24) is 0 Å². The van der Waals surface area contributed by atoms with Gasteiger partial charge >= 0.3 is 5.97 Å². The Labute approximate surface area is 179 Å². The molecule has 0 bridgehead atoms. The smallest absolute Gasteiger partial charge is 0.303 e. The van der Waals surface area contributed by atoms with Crippen LogP contribution in [0.3, 0.4) is 0 Å². The normalized spacial score (nSPS) is 10.7. The second-order valence-corrected chi connectivity index (χ2v) is 7.69. The molecule has 0 saturated heterocycles. The Morgan fingerprint density at radius 3 is 1.83 bits per heavy atom. The Bertz CT molecular complexity index is 482. The zero-order valence-corrected chi connectivity index (χ0v) is 18.7. The Balaban J connectivity index is 0.000000717. The van der Waals surface area contributed by atoms with Crippen molar-refractivity contribution >= 4 is 5.97 Å². The van der Waals surface area contributed by atoms with Crippen molar-refractivity contribution in [3.8, 4) is 0 Å². The highest BCUT2D eigenvalue weighted by atomic mass is 16.4. The summed E-state index contributed by atoms with van der Waals surface area (Å²) in [6.07, 6.45) is 22.0. The van der Waals surface area contributed by atoms with Crippen LogP contribution in [0, 0.1) is 0 Å². The van der Waals surface area contributed by atoms with E-state index in [2.05, 4.69) is 19.1 Å². The van der Waals surface area contributed by atoms with Crippen LogP contribution in [0.25, 0.3) is 0 Å². The lowest BCUT2D eigenvalue weighted by Gasteiger charge is -1.99. The number of aliphatic hydroxyl groups excluding tert-OH is 1. The average molecular weight is 405 g/mol. The molecule has 0 aliphatic heterocycles. The molecule has 0 amide bonds. The third-order valence-corrected chi connectivity index (χ3v) is 4.90. The Morgan fingerprint density at radius 1 is 0.793 bits per heavy atom. The molecular weight excluding hydrogens is 360 g/mol. The molecule has 1 rings (SSSR count). The molecule has 0 heterocycles. The number of aliphatic hydroxyl groups is 1. The SMILES string of the molecule is CCCCCCCC/C=C\CCCCCCCC(=O)O.OCCc1ccccc1. The molecule has 0 unspecified atom stereocenters. The number of benzene rings is 1. The van der Waals surface area contributed by atoms with Gasteiger partial charge in [0.15, 0.2) is 0 Å². The summed E-state index contributed by atoms with van der Waals surface area (Å²) in [5.74, 6) is -0.664. The number of unbranched alkanes of at least 4 members (excludes halogenated alkanes) is 11. The first kappa shape index (κ1) is 27.4. The van der Waals surface area contributed by atoms with Crippen LogP contribution in [0.1, 0.15) is 102 Å². The minimum Gasteiger partial charge on any atom is -0.481 e. The van der Waals surface area contributed by atoms with Crippen molar-refractivity contribution in [1.29, 1.82) is 0 Å². The first-order valence-electron chi connectivity index (χ1n) is 11.7. The number of carboxylic acid groups (broad SMARTS) is 1. The van der Waals surface area contributed by atoms with E-state index in [1.54, 1.807) is 0 Å². The van der Waals surface area contributed by atoms with Gasteiger partial charge in [-0.15, -0.1) is 0 Å². The first-order chi connectivity index (χ1) is 14.2. The largest absolute Gasteiger partial charge is 0.481 e. The molecule has 0 spiro atoms. The van der Waals surface area contributed by atoms with E-state index in [1.165, 1.54) is 76.2 Å². The van der Waals surface area contributed by atoms with Gasteiger partial charge < -0.3 is 10.2 Å². The summed E-state index contributed by atoms with van der Waals surface area (Å²) >= 11 is 0. The second kappa shape index (κ2) is 22.7. The predicted molar refractivity (Wildman–Crippen MR) is 124 cm³/mol. The fourth-order valence-electron chi connectivity index (χ4n) is 3.12. The summed E-state index contributed by atoms with van der Waals surface area (Å²) in [4.78, 5) is 10.3. The van der Waals surface area contributed by atoms with Crippen LogP contribution >= 0.6 is 0 Å². The minimum absolute atomic E-state index is 0.240. The molecule has 0 aliphatic rings. The van der Waals surface area contributed by atoms with E-state index in [0.29, 0.717) is 6.42 Å². The van der Waals surface area contributed by atoms with Crippen LogP contribution in [-0.4, -0.2) is 22.8 Å². The molecule has 0 fully saturated rings. The van der Waals surface area contributed by atoms with Crippen molar-refractivity contribution in [2.75, 3.05) is 6.61 Å². The average Bonchev–Trinajstić information content (AvgIpc) is 2.72. The van der Waals surface area contributed by atoms with Gasteiger partial charge in [0.1, 0.15) is 0 Å². The maximum atomic E-state index is 10.3. The molecule has 1 aromatic carbocycles. The second-order valence-electron chi connectivity index (χ2n) is 7.69. The fraction of sp³-hybridized carbons (Fsp3) is 0.654. The van der Waals surface area contributed by atoms with E-state index in [4.69, 9.17) is 10.2 Å². The third-order valence-electron chi connectivity index (χ3n) is 4.90. The van der Waals surface area contributed by atoms with E-state index in [-0.39, 0.29) is 6.61 Å². The molecule has 0 aromatic heterocycles. The van der Waals surface area contributed by atoms with Crippen LogP contribution in [0.2, 0.25) is 0 Å². The highest BCUT2D eigenvalue weighted by Gasteiger charge is 1.95. The number of rotatable bonds is 17. The molecular formula is C26H44O3. The lowest BCUT2D eigenvalue weighted by Crippen LogP contribution is -1.93. The van der Waals surface area contributed by atoms with Gasteiger partial charge in [0.05, 0.1) is 0 Å². The maximum absolute atomic E-state index is 10.3. The molecule has 0 radical (unpaired) electrons. The molecule has 0 saturated carbocycles. The number of allylic oxidation sites excluding steroid dienone is 2. The molecule has 3 nitrogen and oxygen atoms in total. The van der Waals surface area contributed by atoms with Crippen molar-refractivity contribution < 1.29 is 15.0 Å². The zero-order chi connectivity index (χ0) is 21.4. The molecule has 0 atom stereocenters. The monoisotopic (exact) mass is 404 g/mol. The summed E-state index contributed by atoms with van der Waals surface area (Å²) < 4.78 is 0. The van der Waals surface area contributed by atoms with Gasteiger partial charge in [-0.05, 0) is 44.1 Å². The number of carbonyl (C=O) groups is 1. The molecule has 0 aliphatic carbocycles. The third kappa shape index (κ3) is 22.5. The van der Waals surface area contributed by atoms with Crippen molar-refractivity contribution in [3.63, 3.8) is 0 Å². The van der Waals surface area contributed by atoms with Crippen LogP contribution in [0.15, 0.2) is 42.5 Å². The highest BCUT2D eigenvalue weighted by molar-refractivity contribution is 5.66. The van der Waals surface area contributed by atoms with E-state index >= 15 is 0 Å². The van der Waals surface area contributed by atoms with Crippen molar-refractivity contribution in [2.45, 2.75) is 103 Å². The van der Waals surface area contributed by atoms with Crippen molar-refractivity contribution in [2.24, 2.45) is 0 Å². The Kier molecular flexibility index (Phi) is 21.4. The first-order valence-corrected chi connectivity index (χ1v) is 11.7. The lowest BCUT2D eigenvalue weighted by atomic mass is 10.1. The van der Waals surface area contributed by atoms with Gasteiger partial charge in [0.2, 0.25) is 0 Å². The summed E-state index contributed by atoms with van der Waals surface area (Å²) in [6.45, 7) is 2.50. The van der Waals surface area contributed by atoms with E-state index in [0.717, 1.165) is 19.3 Å². The van der Waals surface area contributed by atoms with Gasteiger partial charge in [-0.1, -0.05) is 101 Å². The standard InChI is InChI=1S/C18H34O2.C8H10O/c1-2-3-4-5-6-7-8-9-10-11-12-13-14-15-16-17-18(19)20;9-7-6-8-4-2-1-3-5-8/h9-10H,2-8,11-17H2,1H3,(H,19,20);1-5,9H,6-7H2/b10-9-;. The van der Waals surface area contributed by atoms with Crippen LogP contribution < -0.4 is 0 Å². The summed E-state index contributed by atoms with van der Waals surface area (Å²) in [5.41, 5.74) is 1.19. The zero-order valence-electron chi connectivity index (χ0n) is 18.7. The van der Waals surface area contributed by atoms with E-state index in [9.17, 15) is 4.79 Å². The predicted octanol–water partition coefficient (Wildman–Crippen LogP) is 7.33. The Morgan fingerprint density at radius 2 is 1.31 bits per heavy atom. The molecule has 29 heavy (non-hydrogen) atoms. The van der Waals surface area contributed by atoms with Crippen LogP contribution in [-0.2, 0) is 11.2 Å². The quantitative estimate of drug-likeness (QED) is 0.211. The van der Waals surface area contributed by atoms with Crippen LogP contribution in [0.5, 0.6) is 0 Å². The maximum Gasteiger partial charge on any atom is 0.303 e. The Hall–Kier alpha value is -1.61. The molecule has 166 valence electrons. The molecule has 2 N–H and O–H groups in total. The highest BCUT2D eigenvalue weighted by Crippen LogP contribution is 2.09. The van der Waals surface area contributed by atoms with E-state index < -0.39 is 5.97 Å². The summed E-state index contributed by atoms with van der Waals surface area (Å²) in [6, 6.07) is 9.95. The molecule has 1 aromatic rings. The molecule has 3 heteroatoms. The number of hydrogen-bond acceptors (Lipinski definition) is 2. The van der Waals surface area contributed by atoms with Gasteiger partial charge in [-0.2, -0.15) is 0 Å². The fourth-order valence-corrected chi connectivity index (χ4v) is 3.12. The summed E-state index contributed by atoms with van der Waals surface area (Å²) in [7, 11) is 0. The van der Waals surface area contributed by atoms with E-state index in [1.807, 2.05) is 30.3 Å². The van der Waals surface area contributed by atoms with Gasteiger partial charge in [0, 0.05) is 13.0 Å². The summed E-state index contributed by atoms with van der Waals surface area (Å²) in [5, 5.41) is 17.0. The van der Waals surface area contributed by atoms with Gasteiger partial charge in [0.25, 0.3) is 0 Å². The topological polar surface area (TPSA) is 57.5 Å². The van der Waals surface area contributed by atoms with Crippen LogP contribution in [0.4, 0.5) is 0 Å². The van der Waals surface area contributed by atoms with Gasteiger partial charge in [-0.3, -0.25) is 4.79 Å². The number of aliphatic carboxylic acids is 1. The van der Waals surface area contributed by atoms with Gasteiger partial charge in [-0.25, -0.2) is 0 Å². The lowest BCUT2D eigenvalue weighted by molar-refractivity contribution is -0.137. The number of hydrogen-bond donors (Lipinski definition) is 2. The minimum atomic E-state index is -0.664. The van der Waals surface area contributed by atoms with Crippen molar-refractivity contribution in [3.05, 3.63) is 48.0 Å². The number of carboxylic acids is 1.